The van der Waals surface area contributed by atoms with Gasteiger partial charge in [0.1, 0.15) is 0 Å². The van der Waals surface area contributed by atoms with E-state index >= 15 is 0 Å². The zero-order valence-electron chi connectivity index (χ0n) is 7.97. The predicted molar refractivity (Wildman–Crippen MR) is 50.9 cm³/mol. The van der Waals surface area contributed by atoms with E-state index in [-0.39, 0.29) is 0 Å². The van der Waals surface area contributed by atoms with Crippen molar-refractivity contribution in [2.45, 2.75) is 0 Å². The number of hydrazine groups is 1. The molecule has 8 heteroatoms. The van der Waals surface area contributed by atoms with Crippen molar-refractivity contribution in [3.05, 3.63) is 34.1 Å². The van der Waals surface area contributed by atoms with E-state index in [2.05, 4.69) is 4.74 Å². The van der Waals surface area contributed by atoms with E-state index in [0.29, 0.717) is 0 Å². The molecule has 86 valence electrons. The number of hydrogen-bond acceptors (Lipinski definition) is 5. The molecule has 0 radical (unpaired) electrons. The van der Waals surface area contributed by atoms with Gasteiger partial charge < -0.3 is 4.74 Å². The number of benzene rings is 1. The normalized spacial score (nSPS) is 9.62. The Labute approximate surface area is 89.1 Å². The summed E-state index contributed by atoms with van der Waals surface area (Å²) in [6.45, 7) is -0.599. The van der Waals surface area contributed by atoms with Crippen LogP contribution in [0.25, 0.3) is 0 Å². The number of ether oxygens (including phenoxy) is 1. The van der Waals surface area contributed by atoms with Crippen molar-refractivity contribution in [1.29, 1.82) is 0 Å². The summed E-state index contributed by atoms with van der Waals surface area (Å²) in [4.78, 5) is 20.4. The fraction of sp³-hybridized carbons (Fsp3) is 0.125. The topological polar surface area (TPSA) is 107 Å². The number of halogens is 1. The van der Waals surface area contributed by atoms with Gasteiger partial charge in [-0.1, -0.05) is 6.07 Å². The second-order valence-electron chi connectivity index (χ2n) is 2.70. The third kappa shape index (κ3) is 2.64. The van der Waals surface area contributed by atoms with Crippen molar-refractivity contribution < 1.29 is 18.8 Å². The Hall–Kier alpha value is -2.22. The van der Waals surface area contributed by atoms with Gasteiger partial charge in [0.15, 0.2) is 12.4 Å². The predicted octanol–water partition coefficient (Wildman–Crippen LogP) is 0.103. The van der Waals surface area contributed by atoms with Crippen molar-refractivity contribution in [2.75, 3.05) is 6.61 Å². The number of hydrogen-bond donors (Lipinski definition) is 2. The van der Waals surface area contributed by atoms with Crippen LogP contribution in [0.5, 0.6) is 5.75 Å². The largest absolute Gasteiger partial charge is 0.475 e. The first-order chi connectivity index (χ1) is 7.56. The van der Waals surface area contributed by atoms with Gasteiger partial charge in [0.25, 0.3) is 5.91 Å². The molecule has 7 nitrogen and oxygen atoms in total. The second-order valence-corrected chi connectivity index (χ2v) is 2.70. The second kappa shape index (κ2) is 5.03. The highest BCUT2D eigenvalue weighted by Crippen LogP contribution is 2.29. The molecule has 0 heterocycles. The summed E-state index contributed by atoms with van der Waals surface area (Å²) >= 11 is 0. The van der Waals surface area contributed by atoms with E-state index < -0.39 is 34.7 Å². The molecule has 16 heavy (non-hydrogen) atoms. The van der Waals surface area contributed by atoms with Crippen LogP contribution in [0, 0.1) is 15.9 Å². The van der Waals surface area contributed by atoms with Crippen LogP contribution in [0.4, 0.5) is 10.1 Å². The third-order valence-corrected chi connectivity index (χ3v) is 1.65. The number of nitro groups is 1. The first-order valence-corrected chi connectivity index (χ1v) is 4.11. The Bertz CT molecular complexity index is 424. The molecule has 0 aromatic heterocycles. The molecule has 0 bridgehead atoms. The minimum atomic E-state index is -0.918. The first kappa shape index (κ1) is 11.9. The molecular weight excluding hydrogens is 221 g/mol. The molecule has 0 saturated carbocycles. The van der Waals surface area contributed by atoms with Crippen LogP contribution in [-0.2, 0) is 4.79 Å². The number of para-hydroxylation sites is 1. The van der Waals surface area contributed by atoms with E-state index in [0.717, 1.165) is 12.1 Å². The number of carbonyl (C=O) groups excluding carboxylic acids is 1. The smallest absolute Gasteiger partial charge is 0.314 e. The molecule has 0 aliphatic heterocycles. The van der Waals surface area contributed by atoms with Crippen molar-refractivity contribution in [3.8, 4) is 5.75 Å². The average molecular weight is 229 g/mol. The third-order valence-electron chi connectivity index (χ3n) is 1.65. The highest BCUT2D eigenvalue weighted by Gasteiger charge is 2.19. The van der Waals surface area contributed by atoms with Crippen LogP contribution in [0.2, 0.25) is 0 Å². The minimum absolute atomic E-state index is 0.551. The monoisotopic (exact) mass is 229 g/mol. The maximum Gasteiger partial charge on any atom is 0.314 e. The molecule has 0 spiro atoms. The van der Waals surface area contributed by atoms with Crippen molar-refractivity contribution in [3.63, 3.8) is 0 Å². The van der Waals surface area contributed by atoms with Crippen LogP contribution in [0.1, 0.15) is 0 Å². The fourth-order valence-electron chi connectivity index (χ4n) is 0.964. The van der Waals surface area contributed by atoms with Gasteiger partial charge in [-0.2, -0.15) is 0 Å². The Morgan fingerprint density at radius 2 is 2.31 bits per heavy atom. The molecule has 1 aromatic carbocycles. The van der Waals surface area contributed by atoms with Crippen LogP contribution < -0.4 is 16.0 Å². The SMILES string of the molecule is NNC(=O)COc1c(F)cccc1[N+](=O)[O-]. The molecule has 0 aliphatic rings. The minimum Gasteiger partial charge on any atom is -0.475 e. The van der Waals surface area contributed by atoms with Crippen LogP contribution in [0.3, 0.4) is 0 Å². The summed E-state index contributed by atoms with van der Waals surface area (Å²) in [5.41, 5.74) is 1.20. The van der Waals surface area contributed by atoms with Crippen molar-refractivity contribution >= 4 is 11.6 Å². The van der Waals surface area contributed by atoms with Gasteiger partial charge in [-0.05, 0) is 6.07 Å². The molecule has 3 N–H and O–H groups in total. The molecule has 1 rings (SSSR count). The quantitative estimate of drug-likeness (QED) is 0.329. The first-order valence-electron chi connectivity index (χ1n) is 4.11. The molecule has 1 amide bonds. The lowest BCUT2D eigenvalue weighted by molar-refractivity contribution is -0.386. The van der Waals surface area contributed by atoms with E-state index in [1.54, 1.807) is 5.43 Å². The van der Waals surface area contributed by atoms with Gasteiger partial charge in [0.05, 0.1) is 4.92 Å². The molecule has 0 saturated heterocycles. The number of nitrogens with zero attached hydrogens (tertiary/aromatic N) is 1. The summed E-state index contributed by atoms with van der Waals surface area (Å²) in [6, 6.07) is 3.23. The Morgan fingerprint density at radius 1 is 1.62 bits per heavy atom. The van der Waals surface area contributed by atoms with Crippen molar-refractivity contribution in [1.82, 2.24) is 5.43 Å². The number of rotatable bonds is 4. The summed E-state index contributed by atoms with van der Waals surface area (Å²) in [7, 11) is 0. The molecule has 0 unspecified atom stereocenters. The van der Waals surface area contributed by atoms with E-state index in [1.807, 2.05) is 0 Å². The summed E-state index contributed by atoms with van der Waals surface area (Å²) < 4.78 is 17.8. The zero-order chi connectivity index (χ0) is 12.1. The van der Waals surface area contributed by atoms with Gasteiger partial charge in [-0.3, -0.25) is 20.3 Å². The Morgan fingerprint density at radius 3 is 2.88 bits per heavy atom. The molecule has 1 aromatic rings. The maximum absolute atomic E-state index is 13.2. The van der Waals surface area contributed by atoms with Gasteiger partial charge in [-0.15, -0.1) is 0 Å². The Kier molecular flexibility index (Phi) is 3.72. The van der Waals surface area contributed by atoms with Crippen LogP contribution in [0.15, 0.2) is 18.2 Å². The van der Waals surface area contributed by atoms with E-state index in [9.17, 15) is 19.3 Å². The fourth-order valence-corrected chi connectivity index (χ4v) is 0.964. The molecular formula is C8H8FN3O4. The lowest BCUT2D eigenvalue weighted by Crippen LogP contribution is -2.34. The summed E-state index contributed by atoms with van der Waals surface area (Å²) in [5.74, 6) is 2.54. The lowest BCUT2D eigenvalue weighted by Gasteiger charge is -2.06. The van der Waals surface area contributed by atoms with Gasteiger partial charge >= 0.3 is 5.69 Å². The maximum atomic E-state index is 13.2. The lowest BCUT2D eigenvalue weighted by atomic mass is 10.3. The number of nitrogens with one attached hydrogen (secondary N) is 1. The number of carbonyl (C=O) groups is 1. The number of nitro benzene ring substituents is 1. The molecule has 0 atom stereocenters. The van der Waals surface area contributed by atoms with Gasteiger partial charge in [0.2, 0.25) is 5.75 Å². The summed E-state index contributed by atoms with van der Waals surface area (Å²) in [5, 5.41) is 10.5. The number of nitrogens with two attached hydrogens (primary N) is 1. The van der Waals surface area contributed by atoms with Gasteiger partial charge in [-0.25, -0.2) is 10.2 Å². The summed E-state index contributed by atoms with van der Waals surface area (Å²) in [6.07, 6.45) is 0. The van der Waals surface area contributed by atoms with E-state index in [4.69, 9.17) is 5.84 Å². The number of amides is 1. The Balaban J connectivity index is 2.93. The highest BCUT2D eigenvalue weighted by atomic mass is 19.1. The molecule has 0 fully saturated rings. The standard InChI is InChI=1S/C8H8FN3O4/c9-5-2-1-3-6(12(14)15)8(5)16-4-7(13)11-10/h1-3H,4,10H2,(H,11,13). The average Bonchev–Trinajstić information content (AvgIpc) is 2.26. The van der Waals surface area contributed by atoms with Crippen LogP contribution in [-0.4, -0.2) is 17.4 Å². The van der Waals surface area contributed by atoms with Crippen molar-refractivity contribution in [2.24, 2.45) is 5.84 Å². The van der Waals surface area contributed by atoms with Crippen LogP contribution >= 0.6 is 0 Å². The highest BCUT2D eigenvalue weighted by molar-refractivity contribution is 5.76. The van der Waals surface area contributed by atoms with E-state index in [1.165, 1.54) is 6.07 Å². The van der Waals surface area contributed by atoms with Gasteiger partial charge in [0, 0.05) is 6.07 Å². The zero-order valence-corrected chi connectivity index (χ0v) is 7.97. The molecule has 0 aliphatic carbocycles.